The third kappa shape index (κ3) is 3.30. The van der Waals surface area contributed by atoms with Crippen LogP contribution in [0, 0.1) is 5.92 Å². The van der Waals surface area contributed by atoms with Crippen molar-refractivity contribution >= 4 is 17.4 Å². The van der Waals surface area contributed by atoms with Gasteiger partial charge in [-0.3, -0.25) is 0 Å². The summed E-state index contributed by atoms with van der Waals surface area (Å²) < 4.78 is 5.82. The molecular weight excluding hydrogens is 238 g/mol. The molecule has 0 aromatic carbocycles. The Balaban J connectivity index is 2.05. The van der Waals surface area contributed by atoms with Gasteiger partial charge in [-0.25, -0.2) is 9.97 Å². The predicted octanol–water partition coefficient (Wildman–Crippen LogP) is 2.75. The lowest BCUT2D eigenvalue weighted by Crippen LogP contribution is -2.43. The molecule has 2 atom stereocenters. The molecule has 0 bridgehead atoms. The van der Waals surface area contributed by atoms with Crippen LogP contribution in [0.25, 0.3) is 0 Å². The summed E-state index contributed by atoms with van der Waals surface area (Å²) in [7, 11) is 0. The molecule has 0 unspecified atom stereocenters. The van der Waals surface area contributed by atoms with Crippen LogP contribution in [0.15, 0.2) is 12.3 Å². The SMILES string of the molecule is CC(C)[C@H]1OCCC[C@H]1Nc1ccnc(Cl)n1. The van der Waals surface area contributed by atoms with Crippen LogP contribution in [-0.4, -0.2) is 28.7 Å². The Labute approximate surface area is 107 Å². The number of nitrogens with zero attached hydrogens (tertiary/aromatic N) is 2. The van der Waals surface area contributed by atoms with Gasteiger partial charge in [-0.05, 0) is 36.4 Å². The van der Waals surface area contributed by atoms with Crippen LogP contribution in [0.2, 0.25) is 5.28 Å². The van der Waals surface area contributed by atoms with Crippen LogP contribution in [0.1, 0.15) is 26.7 Å². The first-order valence-electron chi connectivity index (χ1n) is 6.03. The van der Waals surface area contributed by atoms with Gasteiger partial charge in [0.15, 0.2) is 0 Å². The number of hydrogen-bond donors (Lipinski definition) is 1. The molecule has 1 aromatic heterocycles. The van der Waals surface area contributed by atoms with Gasteiger partial charge in [-0.1, -0.05) is 13.8 Å². The van der Waals surface area contributed by atoms with Crippen molar-refractivity contribution in [1.29, 1.82) is 0 Å². The molecule has 1 N–H and O–H groups in total. The predicted molar refractivity (Wildman–Crippen MR) is 68.3 cm³/mol. The van der Waals surface area contributed by atoms with E-state index >= 15 is 0 Å². The topological polar surface area (TPSA) is 47.0 Å². The van der Waals surface area contributed by atoms with E-state index in [2.05, 4.69) is 29.1 Å². The second kappa shape index (κ2) is 5.65. The van der Waals surface area contributed by atoms with E-state index in [1.54, 1.807) is 6.20 Å². The van der Waals surface area contributed by atoms with Crippen LogP contribution >= 0.6 is 11.6 Å². The van der Waals surface area contributed by atoms with E-state index in [9.17, 15) is 0 Å². The molecule has 94 valence electrons. The summed E-state index contributed by atoms with van der Waals surface area (Å²) in [6.45, 7) is 5.21. The first-order chi connectivity index (χ1) is 8.16. The molecule has 2 heterocycles. The molecule has 1 aliphatic rings. The van der Waals surface area contributed by atoms with Crippen molar-refractivity contribution in [1.82, 2.24) is 9.97 Å². The van der Waals surface area contributed by atoms with Crippen molar-refractivity contribution in [2.75, 3.05) is 11.9 Å². The van der Waals surface area contributed by atoms with E-state index in [-0.39, 0.29) is 11.4 Å². The van der Waals surface area contributed by atoms with E-state index in [0.29, 0.717) is 12.0 Å². The molecule has 0 aliphatic carbocycles. The average Bonchev–Trinajstić information content (AvgIpc) is 2.29. The maximum atomic E-state index is 5.82. The molecule has 1 aromatic rings. The summed E-state index contributed by atoms with van der Waals surface area (Å²) in [4.78, 5) is 8.02. The maximum absolute atomic E-state index is 5.82. The largest absolute Gasteiger partial charge is 0.376 e. The van der Waals surface area contributed by atoms with Crippen molar-refractivity contribution in [2.45, 2.75) is 38.8 Å². The second-order valence-electron chi connectivity index (χ2n) is 4.68. The second-order valence-corrected chi connectivity index (χ2v) is 5.02. The minimum Gasteiger partial charge on any atom is -0.376 e. The van der Waals surface area contributed by atoms with Crippen molar-refractivity contribution in [3.05, 3.63) is 17.5 Å². The zero-order valence-corrected chi connectivity index (χ0v) is 10.9. The van der Waals surface area contributed by atoms with Gasteiger partial charge in [0.1, 0.15) is 5.82 Å². The highest BCUT2D eigenvalue weighted by molar-refractivity contribution is 6.28. The molecule has 1 aliphatic heterocycles. The fraction of sp³-hybridized carbons (Fsp3) is 0.667. The van der Waals surface area contributed by atoms with Crippen molar-refractivity contribution < 1.29 is 4.74 Å². The Morgan fingerprint density at radius 2 is 2.35 bits per heavy atom. The third-order valence-electron chi connectivity index (χ3n) is 2.98. The first kappa shape index (κ1) is 12.6. The molecule has 4 nitrogen and oxygen atoms in total. The smallest absolute Gasteiger partial charge is 0.224 e. The minimum atomic E-state index is 0.234. The van der Waals surface area contributed by atoms with Crippen LogP contribution in [-0.2, 0) is 4.74 Å². The summed E-state index contributed by atoms with van der Waals surface area (Å²) in [5.41, 5.74) is 0. The van der Waals surface area contributed by atoms with Gasteiger partial charge in [0.25, 0.3) is 0 Å². The van der Waals surface area contributed by atoms with Crippen LogP contribution in [0.3, 0.4) is 0 Å². The summed E-state index contributed by atoms with van der Waals surface area (Å²) in [6.07, 6.45) is 4.08. The minimum absolute atomic E-state index is 0.234. The molecule has 1 fully saturated rings. The van der Waals surface area contributed by atoms with E-state index in [1.165, 1.54) is 0 Å². The first-order valence-corrected chi connectivity index (χ1v) is 6.41. The Morgan fingerprint density at radius 3 is 3.06 bits per heavy atom. The summed E-state index contributed by atoms with van der Waals surface area (Å²) in [6, 6.07) is 2.13. The van der Waals surface area contributed by atoms with E-state index < -0.39 is 0 Å². The highest BCUT2D eigenvalue weighted by Gasteiger charge is 2.28. The number of anilines is 1. The standard InChI is InChI=1S/C12H18ClN3O/c1-8(2)11-9(4-3-7-17-11)15-10-5-6-14-12(13)16-10/h5-6,8-9,11H,3-4,7H2,1-2H3,(H,14,15,16)/t9-,11-/m1/s1. The Hall–Kier alpha value is -0.870. The van der Waals surface area contributed by atoms with Gasteiger partial charge >= 0.3 is 0 Å². The van der Waals surface area contributed by atoms with E-state index in [1.807, 2.05) is 6.07 Å². The van der Waals surface area contributed by atoms with Gasteiger partial charge in [-0.2, -0.15) is 0 Å². The Morgan fingerprint density at radius 1 is 1.53 bits per heavy atom. The van der Waals surface area contributed by atoms with Gasteiger partial charge in [0, 0.05) is 12.8 Å². The number of rotatable bonds is 3. The molecule has 0 radical (unpaired) electrons. The molecule has 1 saturated heterocycles. The monoisotopic (exact) mass is 255 g/mol. The zero-order valence-electron chi connectivity index (χ0n) is 10.2. The number of nitrogens with one attached hydrogen (secondary N) is 1. The molecule has 0 saturated carbocycles. The van der Waals surface area contributed by atoms with Crippen molar-refractivity contribution in [3.63, 3.8) is 0 Å². The van der Waals surface area contributed by atoms with E-state index in [4.69, 9.17) is 16.3 Å². The highest BCUT2D eigenvalue weighted by Crippen LogP contribution is 2.23. The van der Waals surface area contributed by atoms with Crippen molar-refractivity contribution in [3.8, 4) is 0 Å². The number of aromatic nitrogens is 2. The molecule has 17 heavy (non-hydrogen) atoms. The zero-order chi connectivity index (χ0) is 12.3. The lowest BCUT2D eigenvalue weighted by atomic mass is 9.94. The maximum Gasteiger partial charge on any atom is 0.224 e. The van der Waals surface area contributed by atoms with Crippen LogP contribution < -0.4 is 5.32 Å². The third-order valence-corrected chi connectivity index (χ3v) is 3.16. The summed E-state index contributed by atoms with van der Waals surface area (Å²) in [5, 5.41) is 3.66. The summed E-state index contributed by atoms with van der Waals surface area (Å²) >= 11 is 5.77. The molecule has 0 spiro atoms. The molecule has 5 heteroatoms. The van der Waals surface area contributed by atoms with Crippen LogP contribution in [0.4, 0.5) is 5.82 Å². The van der Waals surface area contributed by atoms with Crippen molar-refractivity contribution in [2.24, 2.45) is 5.92 Å². The lowest BCUT2D eigenvalue weighted by molar-refractivity contribution is -0.0203. The normalized spacial score (nSPS) is 24.9. The van der Waals surface area contributed by atoms with Gasteiger partial charge in [0.05, 0.1) is 12.1 Å². The Kier molecular flexibility index (Phi) is 4.18. The quantitative estimate of drug-likeness (QED) is 0.844. The van der Waals surface area contributed by atoms with Gasteiger partial charge in [0.2, 0.25) is 5.28 Å². The molecule has 0 amide bonds. The van der Waals surface area contributed by atoms with Gasteiger partial charge < -0.3 is 10.1 Å². The lowest BCUT2D eigenvalue weighted by Gasteiger charge is -2.35. The fourth-order valence-corrected chi connectivity index (χ4v) is 2.37. The number of ether oxygens (including phenoxy) is 1. The average molecular weight is 256 g/mol. The molecular formula is C12H18ClN3O. The Bertz CT molecular complexity index is 373. The summed E-state index contributed by atoms with van der Waals surface area (Å²) in [5.74, 6) is 1.26. The fourth-order valence-electron chi connectivity index (χ4n) is 2.22. The van der Waals surface area contributed by atoms with Crippen LogP contribution in [0.5, 0.6) is 0 Å². The highest BCUT2D eigenvalue weighted by atomic mass is 35.5. The van der Waals surface area contributed by atoms with E-state index in [0.717, 1.165) is 25.3 Å². The van der Waals surface area contributed by atoms with Gasteiger partial charge in [-0.15, -0.1) is 0 Å². The number of halogens is 1. The number of hydrogen-bond acceptors (Lipinski definition) is 4. The molecule has 2 rings (SSSR count).